The maximum absolute atomic E-state index is 13.3. The molecule has 0 aliphatic rings. The molecule has 1 heterocycles. The zero-order valence-corrected chi connectivity index (χ0v) is 7.71. The summed E-state index contributed by atoms with van der Waals surface area (Å²) < 4.78 is 31.3. The van der Waals surface area contributed by atoms with E-state index in [0.29, 0.717) is 0 Å². The molecule has 5 heteroatoms. The molecule has 2 aromatic rings. The van der Waals surface area contributed by atoms with Gasteiger partial charge in [-0.3, -0.25) is 0 Å². The van der Waals surface area contributed by atoms with Gasteiger partial charge in [0.05, 0.1) is 18.3 Å². The van der Waals surface area contributed by atoms with Crippen LogP contribution in [-0.4, -0.2) is 4.98 Å². The van der Waals surface area contributed by atoms with Gasteiger partial charge in [-0.1, -0.05) is 0 Å². The van der Waals surface area contributed by atoms with E-state index in [2.05, 4.69) is 4.98 Å². The van der Waals surface area contributed by atoms with Crippen molar-refractivity contribution in [1.82, 2.24) is 4.98 Å². The molecular formula is C10H8F2N2O. The first-order chi connectivity index (χ1) is 7.20. The van der Waals surface area contributed by atoms with Gasteiger partial charge in [0.2, 0.25) is 5.89 Å². The van der Waals surface area contributed by atoms with E-state index < -0.39 is 11.6 Å². The van der Waals surface area contributed by atoms with Crippen LogP contribution in [-0.2, 0) is 6.54 Å². The molecule has 15 heavy (non-hydrogen) atoms. The van der Waals surface area contributed by atoms with Crippen molar-refractivity contribution in [1.29, 1.82) is 0 Å². The molecular weight excluding hydrogens is 202 g/mol. The van der Waals surface area contributed by atoms with Crippen LogP contribution in [0.2, 0.25) is 0 Å². The minimum absolute atomic E-state index is 0.0437. The molecule has 3 nitrogen and oxygen atoms in total. The Hall–Kier alpha value is -1.75. The Labute approximate surface area is 84.5 Å². The Morgan fingerprint density at radius 1 is 1.33 bits per heavy atom. The quantitative estimate of drug-likeness (QED) is 0.825. The van der Waals surface area contributed by atoms with Crippen LogP contribution in [0.3, 0.4) is 0 Å². The minimum Gasteiger partial charge on any atom is -0.439 e. The van der Waals surface area contributed by atoms with Crippen molar-refractivity contribution in [3.63, 3.8) is 0 Å². The summed E-state index contributed by atoms with van der Waals surface area (Å²) in [6.45, 7) is 0.122. The molecule has 1 aromatic heterocycles. The second-order valence-corrected chi connectivity index (χ2v) is 2.95. The van der Waals surface area contributed by atoms with Crippen molar-refractivity contribution in [3.8, 4) is 11.3 Å². The lowest BCUT2D eigenvalue weighted by molar-refractivity contribution is 0.504. The van der Waals surface area contributed by atoms with Crippen molar-refractivity contribution in [3.05, 3.63) is 41.9 Å². The minimum atomic E-state index is -0.559. The molecule has 0 amide bonds. The molecule has 0 atom stereocenters. The lowest BCUT2D eigenvalue weighted by atomic mass is 10.2. The summed E-state index contributed by atoms with van der Waals surface area (Å²) in [5.74, 6) is -0.630. The number of oxazole rings is 1. The molecule has 0 bridgehead atoms. The average Bonchev–Trinajstić information content (AvgIpc) is 2.70. The highest BCUT2D eigenvalue weighted by Crippen LogP contribution is 2.24. The van der Waals surface area contributed by atoms with Crippen LogP contribution in [0.4, 0.5) is 8.78 Å². The van der Waals surface area contributed by atoms with E-state index >= 15 is 0 Å². The van der Waals surface area contributed by atoms with Gasteiger partial charge in [-0.05, 0) is 18.2 Å². The first kappa shape index (κ1) is 9.79. The number of nitrogens with zero attached hydrogens (tertiary/aromatic N) is 1. The molecule has 0 saturated heterocycles. The average molecular weight is 210 g/mol. The van der Waals surface area contributed by atoms with Crippen molar-refractivity contribution in [2.24, 2.45) is 5.73 Å². The van der Waals surface area contributed by atoms with Crippen molar-refractivity contribution in [2.45, 2.75) is 6.54 Å². The number of hydrogen-bond donors (Lipinski definition) is 1. The molecule has 2 N–H and O–H groups in total. The highest BCUT2D eigenvalue weighted by molar-refractivity contribution is 5.57. The zero-order chi connectivity index (χ0) is 10.8. The molecule has 78 valence electrons. The Morgan fingerprint density at radius 3 is 2.80 bits per heavy atom. The van der Waals surface area contributed by atoms with Crippen LogP contribution in [0.15, 0.2) is 28.8 Å². The smallest absolute Gasteiger partial charge is 0.208 e. The van der Waals surface area contributed by atoms with E-state index in [1.807, 2.05) is 0 Å². The molecule has 0 aliphatic heterocycles. The fourth-order valence-corrected chi connectivity index (χ4v) is 1.22. The van der Waals surface area contributed by atoms with Gasteiger partial charge in [0.15, 0.2) is 5.76 Å². The predicted octanol–water partition coefficient (Wildman–Crippen LogP) is 2.08. The van der Waals surface area contributed by atoms with Crippen LogP contribution < -0.4 is 5.73 Å². The largest absolute Gasteiger partial charge is 0.439 e. The van der Waals surface area contributed by atoms with Crippen molar-refractivity contribution < 1.29 is 13.2 Å². The van der Waals surface area contributed by atoms with E-state index in [1.54, 1.807) is 0 Å². The van der Waals surface area contributed by atoms with Gasteiger partial charge in [0.1, 0.15) is 11.6 Å². The van der Waals surface area contributed by atoms with Crippen LogP contribution in [0.1, 0.15) is 5.89 Å². The Morgan fingerprint density at radius 2 is 2.13 bits per heavy atom. The van der Waals surface area contributed by atoms with E-state index in [1.165, 1.54) is 6.20 Å². The van der Waals surface area contributed by atoms with Crippen molar-refractivity contribution in [2.75, 3.05) is 0 Å². The summed E-state index contributed by atoms with van der Waals surface area (Å²) in [6.07, 6.45) is 1.32. The highest BCUT2D eigenvalue weighted by Gasteiger charge is 2.11. The van der Waals surface area contributed by atoms with Crippen LogP contribution in [0, 0.1) is 11.6 Å². The first-order valence-corrected chi connectivity index (χ1v) is 4.31. The number of halogens is 2. The Balaban J connectivity index is 2.48. The lowest BCUT2D eigenvalue weighted by Gasteiger charge is -1.98. The third kappa shape index (κ3) is 1.87. The number of nitrogens with two attached hydrogens (primary N) is 1. The third-order valence-electron chi connectivity index (χ3n) is 1.92. The molecule has 0 spiro atoms. The molecule has 0 radical (unpaired) electrons. The van der Waals surface area contributed by atoms with Gasteiger partial charge < -0.3 is 10.2 Å². The van der Waals surface area contributed by atoms with E-state index in [-0.39, 0.29) is 23.8 Å². The molecule has 0 unspecified atom stereocenters. The topological polar surface area (TPSA) is 52.0 Å². The van der Waals surface area contributed by atoms with Crippen LogP contribution in [0.5, 0.6) is 0 Å². The molecule has 0 aliphatic carbocycles. The molecule has 0 saturated carbocycles. The number of aromatic nitrogens is 1. The Kier molecular flexibility index (Phi) is 2.47. The van der Waals surface area contributed by atoms with Crippen LogP contribution >= 0.6 is 0 Å². The zero-order valence-electron chi connectivity index (χ0n) is 7.71. The fraction of sp³-hybridized carbons (Fsp3) is 0.100. The SMILES string of the molecule is NCc1ncc(-c2cc(F)ccc2F)o1. The summed E-state index contributed by atoms with van der Waals surface area (Å²) in [7, 11) is 0. The summed E-state index contributed by atoms with van der Waals surface area (Å²) in [6, 6.07) is 3.13. The summed E-state index contributed by atoms with van der Waals surface area (Å²) in [5, 5.41) is 0. The van der Waals surface area contributed by atoms with Gasteiger partial charge >= 0.3 is 0 Å². The fourth-order valence-electron chi connectivity index (χ4n) is 1.22. The first-order valence-electron chi connectivity index (χ1n) is 4.31. The van der Waals surface area contributed by atoms with Gasteiger partial charge in [-0.25, -0.2) is 13.8 Å². The van der Waals surface area contributed by atoms with E-state index in [9.17, 15) is 8.78 Å². The van der Waals surface area contributed by atoms with Crippen molar-refractivity contribution >= 4 is 0 Å². The molecule has 1 aromatic carbocycles. The van der Waals surface area contributed by atoms with E-state index in [4.69, 9.17) is 10.2 Å². The monoisotopic (exact) mass is 210 g/mol. The summed E-state index contributed by atoms with van der Waals surface area (Å²) in [4.78, 5) is 3.80. The Bertz CT molecular complexity index is 482. The second-order valence-electron chi connectivity index (χ2n) is 2.95. The second kappa shape index (κ2) is 3.78. The van der Waals surface area contributed by atoms with Gasteiger partial charge in [0.25, 0.3) is 0 Å². The molecule has 2 rings (SSSR count). The summed E-state index contributed by atoms with van der Waals surface area (Å²) >= 11 is 0. The summed E-state index contributed by atoms with van der Waals surface area (Å²) in [5.41, 5.74) is 5.33. The van der Waals surface area contributed by atoms with Gasteiger partial charge in [-0.15, -0.1) is 0 Å². The maximum Gasteiger partial charge on any atom is 0.208 e. The normalized spacial score (nSPS) is 10.6. The standard InChI is InChI=1S/C10H8F2N2O/c11-6-1-2-8(12)7(3-6)9-5-14-10(4-13)15-9/h1-3,5H,4,13H2. The predicted molar refractivity (Wildman–Crippen MR) is 49.7 cm³/mol. The third-order valence-corrected chi connectivity index (χ3v) is 1.92. The van der Waals surface area contributed by atoms with Crippen LogP contribution in [0.25, 0.3) is 11.3 Å². The van der Waals surface area contributed by atoms with E-state index in [0.717, 1.165) is 18.2 Å². The number of hydrogen-bond acceptors (Lipinski definition) is 3. The highest BCUT2D eigenvalue weighted by atomic mass is 19.1. The maximum atomic E-state index is 13.3. The molecule has 0 fully saturated rings. The number of rotatable bonds is 2. The van der Waals surface area contributed by atoms with Gasteiger partial charge in [0, 0.05) is 0 Å². The number of benzene rings is 1. The van der Waals surface area contributed by atoms with Gasteiger partial charge in [-0.2, -0.15) is 0 Å². The lowest BCUT2D eigenvalue weighted by Crippen LogP contribution is -1.94.